The zero-order valence-corrected chi connectivity index (χ0v) is 15.9. The maximum atomic E-state index is 12.3. The number of nitrogens with zero attached hydrogens (tertiary/aromatic N) is 1. The topological polar surface area (TPSA) is 124 Å². The summed E-state index contributed by atoms with van der Waals surface area (Å²) in [5.74, 6) is -0.668. The number of carbonyl (C=O) groups is 2. The minimum atomic E-state index is -3.92. The lowest BCUT2D eigenvalue weighted by atomic mass is 10.2. The van der Waals surface area contributed by atoms with Crippen molar-refractivity contribution in [1.29, 1.82) is 0 Å². The van der Waals surface area contributed by atoms with Crippen LogP contribution < -0.4 is 14.8 Å². The largest absolute Gasteiger partial charge is 0.472 e. The third kappa shape index (κ3) is 5.05. The highest BCUT2D eigenvalue weighted by atomic mass is 32.2. The normalized spacial score (nSPS) is 16.4. The Bertz CT molecular complexity index is 952. The molecule has 2 amide bonds. The SMILES string of the molecule is CC(=O)NS(=O)(=O)c1ccc(NC(=O)c2ccc(OC3CCOC3)nc2)cc1. The van der Waals surface area contributed by atoms with Crippen molar-refractivity contribution in [1.82, 2.24) is 9.71 Å². The Balaban J connectivity index is 1.61. The van der Waals surface area contributed by atoms with E-state index in [4.69, 9.17) is 9.47 Å². The smallest absolute Gasteiger partial charge is 0.264 e. The van der Waals surface area contributed by atoms with Crippen molar-refractivity contribution < 1.29 is 27.5 Å². The maximum absolute atomic E-state index is 12.3. The number of rotatable bonds is 6. The number of hydrogen-bond acceptors (Lipinski definition) is 7. The first-order valence-electron chi connectivity index (χ1n) is 8.49. The molecule has 1 saturated heterocycles. The van der Waals surface area contributed by atoms with Crippen LogP contribution in [0.15, 0.2) is 47.5 Å². The van der Waals surface area contributed by atoms with E-state index >= 15 is 0 Å². The summed E-state index contributed by atoms with van der Waals surface area (Å²) in [7, 11) is -3.92. The van der Waals surface area contributed by atoms with Gasteiger partial charge in [0.25, 0.3) is 15.9 Å². The van der Waals surface area contributed by atoms with Gasteiger partial charge in [-0.3, -0.25) is 9.59 Å². The van der Waals surface area contributed by atoms with Gasteiger partial charge in [0.1, 0.15) is 6.10 Å². The fraction of sp³-hybridized carbons (Fsp3) is 0.278. The summed E-state index contributed by atoms with van der Waals surface area (Å²) in [6.45, 7) is 2.30. The van der Waals surface area contributed by atoms with E-state index in [-0.39, 0.29) is 11.0 Å². The van der Waals surface area contributed by atoms with Gasteiger partial charge in [-0.05, 0) is 30.3 Å². The predicted molar refractivity (Wildman–Crippen MR) is 99.5 cm³/mol. The van der Waals surface area contributed by atoms with E-state index in [1.807, 2.05) is 4.72 Å². The van der Waals surface area contributed by atoms with Crippen molar-refractivity contribution in [3.63, 3.8) is 0 Å². The molecule has 1 aromatic heterocycles. The second-order valence-electron chi connectivity index (χ2n) is 6.13. The van der Waals surface area contributed by atoms with Crippen LogP contribution in [0, 0.1) is 0 Å². The van der Waals surface area contributed by atoms with Gasteiger partial charge in [-0.1, -0.05) is 0 Å². The molecule has 10 heteroatoms. The van der Waals surface area contributed by atoms with Crippen LogP contribution in [0.2, 0.25) is 0 Å². The fourth-order valence-corrected chi connectivity index (χ4v) is 3.52. The molecule has 1 unspecified atom stereocenters. The van der Waals surface area contributed by atoms with Gasteiger partial charge in [-0.15, -0.1) is 0 Å². The maximum Gasteiger partial charge on any atom is 0.264 e. The van der Waals surface area contributed by atoms with Crippen LogP contribution in [-0.4, -0.2) is 44.5 Å². The summed E-state index contributed by atoms with van der Waals surface area (Å²) in [6.07, 6.45) is 2.17. The second-order valence-corrected chi connectivity index (χ2v) is 7.81. The van der Waals surface area contributed by atoms with Crippen LogP contribution in [0.4, 0.5) is 5.69 Å². The molecular weight excluding hydrogens is 386 g/mol. The van der Waals surface area contributed by atoms with Gasteiger partial charge in [0.2, 0.25) is 11.8 Å². The Hall–Kier alpha value is -2.98. The first-order chi connectivity index (χ1) is 13.3. The molecular formula is C18H19N3O6S. The number of benzene rings is 1. The van der Waals surface area contributed by atoms with Crippen LogP contribution in [-0.2, 0) is 19.6 Å². The van der Waals surface area contributed by atoms with Crippen molar-refractivity contribution >= 4 is 27.5 Å². The van der Waals surface area contributed by atoms with Crippen LogP contribution in [0.3, 0.4) is 0 Å². The molecule has 0 spiro atoms. The number of amides is 2. The van der Waals surface area contributed by atoms with Crippen molar-refractivity contribution in [2.45, 2.75) is 24.3 Å². The highest BCUT2D eigenvalue weighted by Gasteiger charge is 2.18. The molecule has 0 saturated carbocycles. The summed E-state index contributed by atoms with van der Waals surface area (Å²) >= 11 is 0. The fourth-order valence-electron chi connectivity index (χ4n) is 2.53. The number of pyridine rings is 1. The van der Waals surface area contributed by atoms with Gasteiger partial charge in [-0.2, -0.15) is 0 Å². The predicted octanol–water partition coefficient (Wildman–Crippen LogP) is 1.33. The number of anilines is 1. The van der Waals surface area contributed by atoms with E-state index in [0.717, 1.165) is 13.3 Å². The van der Waals surface area contributed by atoms with Crippen molar-refractivity contribution in [2.24, 2.45) is 0 Å². The molecule has 1 aromatic carbocycles. The molecule has 2 aromatic rings. The van der Waals surface area contributed by atoms with E-state index in [0.29, 0.717) is 30.3 Å². The lowest BCUT2D eigenvalue weighted by Gasteiger charge is -2.11. The molecule has 0 bridgehead atoms. The molecule has 1 atom stereocenters. The minimum Gasteiger partial charge on any atom is -0.472 e. The highest BCUT2D eigenvalue weighted by molar-refractivity contribution is 7.90. The molecule has 148 valence electrons. The zero-order valence-electron chi connectivity index (χ0n) is 15.0. The van der Waals surface area contributed by atoms with Crippen LogP contribution in [0.5, 0.6) is 5.88 Å². The minimum absolute atomic E-state index is 0.0283. The Morgan fingerprint density at radius 3 is 2.50 bits per heavy atom. The Kier molecular flexibility index (Phi) is 5.90. The summed E-state index contributed by atoms with van der Waals surface area (Å²) in [4.78, 5) is 27.3. The van der Waals surface area contributed by atoms with Gasteiger partial charge in [0.05, 0.1) is 23.7 Å². The third-order valence-electron chi connectivity index (χ3n) is 3.87. The molecule has 0 radical (unpaired) electrons. The number of nitrogens with one attached hydrogen (secondary N) is 2. The number of sulfonamides is 1. The first-order valence-corrected chi connectivity index (χ1v) is 9.97. The van der Waals surface area contributed by atoms with Crippen LogP contribution in [0.1, 0.15) is 23.7 Å². The lowest BCUT2D eigenvalue weighted by molar-refractivity contribution is -0.117. The quantitative estimate of drug-likeness (QED) is 0.743. The third-order valence-corrected chi connectivity index (χ3v) is 5.32. The summed E-state index contributed by atoms with van der Waals surface area (Å²) in [5, 5.41) is 2.65. The number of hydrogen-bond donors (Lipinski definition) is 2. The molecule has 1 aliphatic rings. The number of ether oxygens (including phenoxy) is 2. The van der Waals surface area contributed by atoms with E-state index in [9.17, 15) is 18.0 Å². The van der Waals surface area contributed by atoms with Crippen LogP contribution >= 0.6 is 0 Å². The molecule has 9 nitrogen and oxygen atoms in total. The Morgan fingerprint density at radius 2 is 1.93 bits per heavy atom. The Morgan fingerprint density at radius 1 is 1.18 bits per heavy atom. The molecule has 2 N–H and O–H groups in total. The first kappa shape index (κ1) is 19.8. The summed E-state index contributed by atoms with van der Waals surface area (Å²) in [5.41, 5.74) is 0.722. The van der Waals surface area contributed by atoms with Gasteiger partial charge in [0, 0.05) is 31.3 Å². The number of aromatic nitrogens is 1. The average Bonchev–Trinajstić information content (AvgIpc) is 3.15. The molecule has 1 fully saturated rings. The van der Waals surface area contributed by atoms with E-state index in [1.165, 1.54) is 30.5 Å². The van der Waals surface area contributed by atoms with Gasteiger partial charge in [0.15, 0.2) is 0 Å². The van der Waals surface area contributed by atoms with E-state index in [1.54, 1.807) is 12.1 Å². The van der Waals surface area contributed by atoms with Crippen molar-refractivity contribution in [2.75, 3.05) is 18.5 Å². The molecule has 2 heterocycles. The second kappa shape index (κ2) is 8.36. The van der Waals surface area contributed by atoms with Gasteiger partial charge < -0.3 is 14.8 Å². The average molecular weight is 405 g/mol. The Labute approximate surface area is 162 Å². The van der Waals surface area contributed by atoms with E-state index in [2.05, 4.69) is 10.3 Å². The monoisotopic (exact) mass is 405 g/mol. The molecule has 3 rings (SSSR count). The van der Waals surface area contributed by atoms with Crippen molar-refractivity contribution in [3.05, 3.63) is 48.2 Å². The summed E-state index contributed by atoms with van der Waals surface area (Å²) in [6, 6.07) is 8.63. The number of carbonyl (C=O) groups excluding carboxylic acids is 2. The lowest BCUT2D eigenvalue weighted by Crippen LogP contribution is -2.28. The molecule has 28 heavy (non-hydrogen) atoms. The van der Waals surface area contributed by atoms with E-state index < -0.39 is 21.8 Å². The molecule has 1 aliphatic heterocycles. The van der Waals surface area contributed by atoms with Crippen LogP contribution in [0.25, 0.3) is 0 Å². The standard InChI is InChI=1S/C18H19N3O6S/c1-12(22)21-28(24,25)16-5-3-14(4-6-16)20-18(23)13-2-7-17(19-10-13)27-15-8-9-26-11-15/h2-7,10,15H,8-9,11H2,1H3,(H,20,23)(H,21,22). The van der Waals surface area contributed by atoms with Gasteiger partial charge in [-0.25, -0.2) is 18.1 Å². The van der Waals surface area contributed by atoms with Gasteiger partial charge >= 0.3 is 0 Å². The highest BCUT2D eigenvalue weighted by Crippen LogP contribution is 2.17. The molecule has 0 aliphatic carbocycles. The summed E-state index contributed by atoms with van der Waals surface area (Å²) < 4.78 is 36.6. The van der Waals surface area contributed by atoms with Crippen molar-refractivity contribution in [3.8, 4) is 5.88 Å². The zero-order chi connectivity index (χ0) is 20.1.